The number of likely N-dealkylation sites (N-methyl/N-ethyl adjacent to an activating group) is 1. The number of carbonyl (C=O) groups is 1. The maximum Gasteiger partial charge on any atom is 0.257 e. The minimum atomic E-state index is -0.117. The van der Waals surface area contributed by atoms with Crippen molar-refractivity contribution >= 4 is 35.8 Å². The van der Waals surface area contributed by atoms with Crippen molar-refractivity contribution < 1.29 is 9.53 Å². The summed E-state index contributed by atoms with van der Waals surface area (Å²) in [5.74, 6) is 1.36. The van der Waals surface area contributed by atoms with Gasteiger partial charge in [0.25, 0.3) is 5.91 Å². The van der Waals surface area contributed by atoms with E-state index in [2.05, 4.69) is 34.8 Å². The second kappa shape index (κ2) is 13.7. The molecule has 0 spiro atoms. The molecule has 1 amide bonds. The Morgan fingerprint density at radius 1 is 1.20 bits per heavy atom. The Balaban J connectivity index is 0.00000576. The van der Waals surface area contributed by atoms with Gasteiger partial charge in [-0.2, -0.15) is 0 Å². The molecule has 0 saturated heterocycles. The lowest BCUT2D eigenvalue weighted by Gasteiger charge is -2.16. The van der Waals surface area contributed by atoms with Gasteiger partial charge in [0.1, 0.15) is 5.75 Å². The Kier molecular flexibility index (Phi) is 12.9. The summed E-state index contributed by atoms with van der Waals surface area (Å²) in [5, 5.41) is 9.31. The fourth-order valence-corrected chi connectivity index (χ4v) is 1.96. The molecule has 1 unspecified atom stereocenters. The molecule has 0 fully saturated rings. The number of halogens is 1. The number of nitrogens with zero attached hydrogens (tertiary/aromatic N) is 1. The molecule has 7 heteroatoms. The van der Waals surface area contributed by atoms with Gasteiger partial charge in [0.2, 0.25) is 0 Å². The lowest BCUT2D eigenvalue weighted by Crippen LogP contribution is -2.41. The van der Waals surface area contributed by atoms with E-state index in [1.807, 2.05) is 38.1 Å². The molecule has 25 heavy (non-hydrogen) atoms. The van der Waals surface area contributed by atoms with E-state index in [9.17, 15) is 4.79 Å². The van der Waals surface area contributed by atoms with E-state index in [1.54, 1.807) is 0 Å². The molecule has 1 aromatic carbocycles. The number of benzene rings is 1. The fourth-order valence-electron chi connectivity index (χ4n) is 1.96. The van der Waals surface area contributed by atoms with Gasteiger partial charge in [-0.1, -0.05) is 19.1 Å². The normalized spacial score (nSPS) is 11.9. The van der Waals surface area contributed by atoms with Crippen LogP contribution >= 0.6 is 24.0 Å². The van der Waals surface area contributed by atoms with Crippen LogP contribution < -0.4 is 20.7 Å². The van der Waals surface area contributed by atoms with Crippen molar-refractivity contribution in [3.05, 3.63) is 29.8 Å². The van der Waals surface area contributed by atoms with Crippen LogP contribution in [-0.2, 0) is 11.3 Å². The number of rotatable bonds is 9. The van der Waals surface area contributed by atoms with E-state index < -0.39 is 0 Å². The molecule has 1 aromatic rings. The van der Waals surface area contributed by atoms with Crippen LogP contribution in [0, 0.1) is 0 Å². The number of hydrogen-bond donors (Lipinski definition) is 3. The van der Waals surface area contributed by atoms with Gasteiger partial charge in [0, 0.05) is 19.1 Å². The van der Waals surface area contributed by atoms with Crippen molar-refractivity contribution in [3.8, 4) is 5.75 Å². The molecule has 0 saturated carbocycles. The number of guanidine groups is 1. The molecule has 0 aliphatic heterocycles. The molecule has 0 aliphatic rings. The number of nitrogens with one attached hydrogen (secondary N) is 3. The highest BCUT2D eigenvalue weighted by Gasteiger charge is 2.04. The Hall–Kier alpha value is -1.51. The molecular weight excluding hydrogens is 431 g/mol. The van der Waals surface area contributed by atoms with E-state index in [0.29, 0.717) is 24.9 Å². The third-order valence-corrected chi connectivity index (χ3v) is 3.40. The SMILES string of the molecule is CCNC(=O)COc1cccc(CN=C(NCC)NC(C)CC)c1.I. The smallest absolute Gasteiger partial charge is 0.257 e. The number of hydrogen-bond acceptors (Lipinski definition) is 3. The largest absolute Gasteiger partial charge is 0.484 e. The van der Waals surface area contributed by atoms with Gasteiger partial charge in [-0.3, -0.25) is 4.79 Å². The highest BCUT2D eigenvalue weighted by atomic mass is 127. The molecule has 142 valence electrons. The van der Waals surface area contributed by atoms with Crippen LogP contribution in [0.3, 0.4) is 0 Å². The van der Waals surface area contributed by atoms with E-state index in [-0.39, 0.29) is 36.5 Å². The van der Waals surface area contributed by atoms with Crippen molar-refractivity contribution in [2.45, 2.75) is 46.7 Å². The average molecular weight is 462 g/mol. The monoisotopic (exact) mass is 462 g/mol. The first-order valence-corrected chi connectivity index (χ1v) is 8.62. The summed E-state index contributed by atoms with van der Waals surface area (Å²) in [6.07, 6.45) is 1.04. The Labute approximate surface area is 168 Å². The maximum absolute atomic E-state index is 11.4. The zero-order valence-electron chi connectivity index (χ0n) is 15.6. The molecule has 3 N–H and O–H groups in total. The van der Waals surface area contributed by atoms with Gasteiger partial charge >= 0.3 is 0 Å². The van der Waals surface area contributed by atoms with Crippen LogP contribution in [0.25, 0.3) is 0 Å². The quantitative estimate of drug-likeness (QED) is 0.300. The predicted octanol–water partition coefficient (Wildman–Crippen LogP) is 2.67. The van der Waals surface area contributed by atoms with Crippen LogP contribution in [0.4, 0.5) is 0 Å². The van der Waals surface area contributed by atoms with Crippen molar-refractivity contribution in [3.63, 3.8) is 0 Å². The molecular formula is C18H31IN4O2. The highest BCUT2D eigenvalue weighted by molar-refractivity contribution is 14.0. The second-order valence-corrected chi connectivity index (χ2v) is 5.54. The Morgan fingerprint density at radius 2 is 1.92 bits per heavy atom. The predicted molar refractivity (Wildman–Crippen MR) is 114 cm³/mol. The molecule has 0 aromatic heterocycles. The van der Waals surface area contributed by atoms with Crippen LogP contribution in [0.2, 0.25) is 0 Å². The van der Waals surface area contributed by atoms with Gasteiger partial charge in [-0.05, 0) is 44.9 Å². The zero-order valence-corrected chi connectivity index (χ0v) is 17.9. The van der Waals surface area contributed by atoms with Crippen LogP contribution in [0.15, 0.2) is 29.3 Å². The summed E-state index contributed by atoms with van der Waals surface area (Å²) in [6, 6.07) is 8.03. The molecule has 1 rings (SSSR count). The molecule has 0 heterocycles. The summed E-state index contributed by atoms with van der Waals surface area (Å²) in [6.45, 7) is 10.2. The second-order valence-electron chi connectivity index (χ2n) is 5.54. The average Bonchev–Trinajstić information content (AvgIpc) is 2.58. The lowest BCUT2D eigenvalue weighted by atomic mass is 10.2. The van der Waals surface area contributed by atoms with E-state index >= 15 is 0 Å². The topological polar surface area (TPSA) is 74.8 Å². The van der Waals surface area contributed by atoms with Gasteiger partial charge in [-0.25, -0.2) is 4.99 Å². The van der Waals surface area contributed by atoms with Crippen molar-refractivity contribution in [1.29, 1.82) is 0 Å². The summed E-state index contributed by atoms with van der Waals surface area (Å²) >= 11 is 0. The Bertz CT molecular complexity index is 538. The first kappa shape index (κ1) is 23.5. The fraction of sp³-hybridized carbons (Fsp3) is 0.556. The maximum atomic E-state index is 11.4. The number of ether oxygens (including phenoxy) is 1. The Morgan fingerprint density at radius 3 is 2.56 bits per heavy atom. The van der Waals surface area contributed by atoms with E-state index in [4.69, 9.17) is 4.74 Å². The molecule has 0 aliphatic carbocycles. The first-order chi connectivity index (χ1) is 11.6. The molecule has 0 radical (unpaired) electrons. The van der Waals surface area contributed by atoms with Gasteiger partial charge < -0.3 is 20.7 Å². The first-order valence-electron chi connectivity index (χ1n) is 8.62. The van der Waals surface area contributed by atoms with Gasteiger partial charge in [0.15, 0.2) is 12.6 Å². The van der Waals surface area contributed by atoms with Crippen molar-refractivity contribution in [1.82, 2.24) is 16.0 Å². The van der Waals surface area contributed by atoms with Crippen molar-refractivity contribution in [2.24, 2.45) is 4.99 Å². The number of carbonyl (C=O) groups excluding carboxylic acids is 1. The summed E-state index contributed by atoms with van der Waals surface area (Å²) in [5.41, 5.74) is 1.03. The third-order valence-electron chi connectivity index (χ3n) is 3.40. The van der Waals surface area contributed by atoms with Gasteiger partial charge in [0.05, 0.1) is 6.54 Å². The minimum absolute atomic E-state index is 0. The summed E-state index contributed by atoms with van der Waals surface area (Å²) in [7, 11) is 0. The van der Waals surface area contributed by atoms with E-state index in [0.717, 1.165) is 24.5 Å². The summed E-state index contributed by atoms with van der Waals surface area (Å²) in [4.78, 5) is 16.0. The third kappa shape index (κ3) is 10.2. The summed E-state index contributed by atoms with van der Waals surface area (Å²) < 4.78 is 5.51. The zero-order chi connectivity index (χ0) is 17.8. The van der Waals surface area contributed by atoms with Crippen LogP contribution in [0.1, 0.15) is 39.7 Å². The van der Waals surface area contributed by atoms with Crippen LogP contribution in [-0.4, -0.2) is 37.6 Å². The lowest BCUT2D eigenvalue weighted by molar-refractivity contribution is -0.122. The molecule has 6 nitrogen and oxygen atoms in total. The molecule has 1 atom stereocenters. The molecule has 0 bridgehead atoms. The van der Waals surface area contributed by atoms with E-state index in [1.165, 1.54) is 0 Å². The minimum Gasteiger partial charge on any atom is -0.484 e. The van der Waals surface area contributed by atoms with Gasteiger partial charge in [-0.15, -0.1) is 24.0 Å². The number of amides is 1. The number of aliphatic imine (C=N–C) groups is 1. The standard InChI is InChI=1S/C18H30N4O2.HI/c1-5-14(4)22-18(20-7-3)21-12-15-9-8-10-16(11-15)24-13-17(23)19-6-2;/h8-11,14H,5-7,12-13H2,1-4H3,(H,19,23)(H2,20,21,22);1H. The highest BCUT2D eigenvalue weighted by Crippen LogP contribution is 2.14. The van der Waals surface area contributed by atoms with Crippen molar-refractivity contribution in [2.75, 3.05) is 19.7 Å². The van der Waals surface area contributed by atoms with Crippen LogP contribution in [0.5, 0.6) is 5.75 Å².